The van der Waals surface area contributed by atoms with E-state index in [0.717, 1.165) is 36.2 Å². The molecule has 0 spiro atoms. The number of hydrogen-bond acceptors (Lipinski definition) is 0. The van der Waals surface area contributed by atoms with Crippen LogP contribution in [0.1, 0.15) is 89.0 Å². The highest BCUT2D eigenvalue weighted by Gasteiger charge is 2.25. The Labute approximate surface area is 158 Å². The number of rotatable bonds is 6. The molecular formula is C24H34F2. The van der Waals surface area contributed by atoms with E-state index in [1.165, 1.54) is 69.9 Å². The standard InChI is InChI=1S/C24H34F2/c1-2-3-4-18-5-7-19(8-6-18)9-10-20-11-13-21(14-12-20)22-15-16-23(25)24(26)17-22/h2-3,15-21H,4-14H2,1H3/b3-2+. The highest BCUT2D eigenvalue weighted by molar-refractivity contribution is 5.22. The van der Waals surface area contributed by atoms with E-state index >= 15 is 0 Å². The molecule has 2 fully saturated rings. The topological polar surface area (TPSA) is 0 Å². The van der Waals surface area contributed by atoms with Crippen molar-refractivity contribution in [1.29, 1.82) is 0 Å². The Hall–Kier alpha value is -1.18. The molecule has 2 aliphatic rings. The van der Waals surface area contributed by atoms with Gasteiger partial charge in [-0.25, -0.2) is 8.78 Å². The van der Waals surface area contributed by atoms with E-state index in [1.807, 2.05) is 0 Å². The van der Waals surface area contributed by atoms with Crippen LogP contribution in [-0.4, -0.2) is 0 Å². The maximum Gasteiger partial charge on any atom is 0.159 e. The second-order valence-electron chi connectivity index (χ2n) is 8.66. The minimum atomic E-state index is -0.733. The SMILES string of the molecule is C/C=C/CC1CCC(CCC2CCC(c3ccc(F)c(F)c3)CC2)CC1. The average Bonchev–Trinajstić information content (AvgIpc) is 2.68. The molecule has 0 amide bonds. The third-order valence-electron chi connectivity index (χ3n) is 6.92. The monoisotopic (exact) mass is 360 g/mol. The Morgan fingerprint density at radius 3 is 1.96 bits per heavy atom. The van der Waals surface area contributed by atoms with Gasteiger partial charge < -0.3 is 0 Å². The molecule has 1 aromatic rings. The summed E-state index contributed by atoms with van der Waals surface area (Å²) in [5, 5.41) is 0. The quantitative estimate of drug-likeness (QED) is 0.454. The normalized spacial score (nSPS) is 30.0. The Kier molecular flexibility index (Phi) is 7.28. The molecule has 0 aromatic heterocycles. The van der Waals surface area contributed by atoms with E-state index in [-0.39, 0.29) is 0 Å². The van der Waals surface area contributed by atoms with Crippen LogP contribution in [0.25, 0.3) is 0 Å². The molecule has 2 saturated carbocycles. The van der Waals surface area contributed by atoms with E-state index in [1.54, 1.807) is 6.07 Å². The van der Waals surface area contributed by atoms with Crippen molar-refractivity contribution in [3.8, 4) is 0 Å². The van der Waals surface area contributed by atoms with Gasteiger partial charge in [-0.3, -0.25) is 0 Å². The Balaban J connectivity index is 1.36. The van der Waals surface area contributed by atoms with Gasteiger partial charge in [-0.2, -0.15) is 0 Å². The highest BCUT2D eigenvalue weighted by Crippen LogP contribution is 2.40. The molecule has 0 aliphatic heterocycles. The largest absolute Gasteiger partial charge is 0.204 e. The molecule has 0 radical (unpaired) electrons. The summed E-state index contributed by atoms with van der Waals surface area (Å²) in [6.45, 7) is 2.12. The van der Waals surface area contributed by atoms with E-state index in [4.69, 9.17) is 0 Å². The van der Waals surface area contributed by atoms with Gasteiger partial charge in [-0.15, -0.1) is 0 Å². The molecule has 2 heteroatoms. The van der Waals surface area contributed by atoms with Crippen molar-refractivity contribution in [2.24, 2.45) is 17.8 Å². The van der Waals surface area contributed by atoms with E-state index in [9.17, 15) is 8.78 Å². The number of allylic oxidation sites excluding steroid dienone is 2. The van der Waals surface area contributed by atoms with Gasteiger partial charge in [0.05, 0.1) is 0 Å². The lowest BCUT2D eigenvalue weighted by molar-refractivity contribution is 0.231. The van der Waals surface area contributed by atoms with Gasteiger partial charge in [0.1, 0.15) is 0 Å². The van der Waals surface area contributed by atoms with Gasteiger partial charge in [0.2, 0.25) is 0 Å². The second-order valence-corrected chi connectivity index (χ2v) is 8.66. The molecule has 0 nitrogen and oxygen atoms in total. The summed E-state index contributed by atoms with van der Waals surface area (Å²) in [5.74, 6) is 1.70. The molecule has 0 atom stereocenters. The molecule has 0 N–H and O–H groups in total. The van der Waals surface area contributed by atoms with Crippen LogP contribution in [0.15, 0.2) is 30.4 Å². The Bertz CT molecular complexity index is 576. The van der Waals surface area contributed by atoms with Crippen molar-refractivity contribution in [3.05, 3.63) is 47.5 Å². The van der Waals surface area contributed by atoms with Crippen LogP contribution in [0.5, 0.6) is 0 Å². The molecule has 3 rings (SSSR count). The van der Waals surface area contributed by atoms with Crippen LogP contribution < -0.4 is 0 Å². The first-order valence-corrected chi connectivity index (χ1v) is 10.7. The summed E-state index contributed by atoms with van der Waals surface area (Å²) in [6, 6.07) is 4.46. The van der Waals surface area contributed by atoms with Crippen molar-refractivity contribution < 1.29 is 8.78 Å². The smallest absolute Gasteiger partial charge is 0.159 e. The van der Waals surface area contributed by atoms with Gasteiger partial charge >= 0.3 is 0 Å². The fraction of sp³-hybridized carbons (Fsp3) is 0.667. The van der Waals surface area contributed by atoms with Crippen molar-refractivity contribution in [2.45, 2.75) is 83.5 Å². The molecule has 0 unspecified atom stereocenters. The lowest BCUT2D eigenvalue weighted by atomic mass is 9.74. The van der Waals surface area contributed by atoms with Crippen LogP contribution in [0.4, 0.5) is 8.78 Å². The zero-order valence-corrected chi connectivity index (χ0v) is 16.2. The predicted molar refractivity (Wildman–Crippen MR) is 105 cm³/mol. The number of hydrogen-bond donors (Lipinski definition) is 0. The molecule has 0 heterocycles. The lowest BCUT2D eigenvalue weighted by Crippen LogP contribution is -2.17. The fourth-order valence-corrected chi connectivity index (χ4v) is 5.11. The number of benzene rings is 1. The molecule has 1 aromatic carbocycles. The van der Waals surface area contributed by atoms with Crippen LogP contribution in [0.3, 0.4) is 0 Å². The Morgan fingerprint density at radius 2 is 1.38 bits per heavy atom. The second kappa shape index (κ2) is 9.67. The summed E-state index contributed by atoms with van der Waals surface area (Å²) >= 11 is 0. The lowest BCUT2D eigenvalue weighted by Gasteiger charge is -2.32. The first kappa shape index (κ1) is 19.6. The van der Waals surface area contributed by atoms with Crippen LogP contribution in [0.2, 0.25) is 0 Å². The maximum absolute atomic E-state index is 13.5. The van der Waals surface area contributed by atoms with Gasteiger partial charge in [-0.1, -0.05) is 43.9 Å². The summed E-state index contributed by atoms with van der Waals surface area (Å²) in [4.78, 5) is 0. The zero-order chi connectivity index (χ0) is 18.4. The summed E-state index contributed by atoms with van der Waals surface area (Å²) in [7, 11) is 0. The third kappa shape index (κ3) is 5.41. The maximum atomic E-state index is 13.5. The average molecular weight is 361 g/mol. The van der Waals surface area contributed by atoms with E-state index in [0.29, 0.717) is 5.92 Å². The van der Waals surface area contributed by atoms with E-state index < -0.39 is 11.6 Å². The van der Waals surface area contributed by atoms with Crippen LogP contribution in [-0.2, 0) is 0 Å². The summed E-state index contributed by atoms with van der Waals surface area (Å²) in [5.41, 5.74) is 0.988. The van der Waals surface area contributed by atoms with Gasteiger partial charge in [-0.05, 0) is 93.2 Å². The highest BCUT2D eigenvalue weighted by atomic mass is 19.2. The van der Waals surface area contributed by atoms with Crippen molar-refractivity contribution in [1.82, 2.24) is 0 Å². The van der Waals surface area contributed by atoms with Gasteiger partial charge in [0, 0.05) is 0 Å². The van der Waals surface area contributed by atoms with Crippen molar-refractivity contribution >= 4 is 0 Å². The number of halogens is 2. The zero-order valence-electron chi connectivity index (χ0n) is 16.2. The summed E-state index contributed by atoms with van der Waals surface area (Å²) in [6.07, 6.45) is 19.0. The molecule has 0 saturated heterocycles. The van der Waals surface area contributed by atoms with Crippen LogP contribution in [0, 0.1) is 29.4 Å². The first-order chi connectivity index (χ1) is 12.7. The van der Waals surface area contributed by atoms with E-state index in [2.05, 4.69) is 19.1 Å². The van der Waals surface area contributed by atoms with Gasteiger partial charge in [0.25, 0.3) is 0 Å². The van der Waals surface area contributed by atoms with Gasteiger partial charge in [0.15, 0.2) is 11.6 Å². The minimum absolute atomic E-state index is 0.420. The summed E-state index contributed by atoms with van der Waals surface area (Å²) < 4.78 is 26.6. The molecular weight excluding hydrogens is 326 g/mol. The molecule has 2 aliphatic carbocycles. The van der Waals surface area contributed by atoms with Crippen molar-refractivity contribution in [2.75, 3.05) is 0 Å². The Morgan fingerprint density at radius 1 is 0.808 bits per heavy atom. The fourth-order valence-electron chi connectivity index (χ4n) is 5.11. The predicted octanol–water partition coefficient (Wildman–Crippen LogP) is 7.79. The van der Waals surface area contributed by atoms with Crippen molar-refractivity contribution in [3.63, 3.8) is 0 Å². The van der Waals surface area contributed by atoms with Crippen LogP contribution >= 0.6 is 0 Å². The molecule has 0 bridgehead atoms. The molecule has 26 heavy (non-hydrogen) atoms. The molecule has 144 valence electrons. The third-order valence-corrected chi connectivity index (χ3v) is 6.92. The minimum Gasteiger partial charge on any atom is -0.204 e. The first-order valence-electron chi connectivity index (χ1n) is 10.7.